The van der Waals surface area contributed by atoms with Crippen LogP contribution in [-0.4, -0.2) is 70.2 Å². The van der Waals surface area contributed by atoms with Crippen molar-refractivity contribution in [2.75, 3.05) is 27.3 Å². The maximum Gasteiger partial charge on any atom is 0.407 e. The molecular weight excluding hydrogens is 392 g/mol. The summed E-state index contributed by atoms with van der Waals surface area (Å²) in [5.41, 5.74) is 0. The number of nitrogens with zero attached hydrogens (tertiary/aromatic N) is 3. The Morgan fingerprint density at radius 1 is 1.56 bits per heavy atom. The lowest BCUT2D eigenvalue weighted by Gasteiger charge is -2.33. The van der Waals surface area contributed by atoms with Crippen molar-refractivity contribution < 1.29 is 19.4 Å². The molecule has 2 amide bonds. The summed E-state index contributed by atoms with van der Waals surface area (Å²) in [4.78, 5) is 34.9. The molecule has 3 atom stereocenters. The van der Waals surface area contributed by atoms with Gasteiger partial charge in [-0.25, -0.2) is 9.78 Å². The smallest absolute Gasteiger partial charge is 0.407 e. The first-order valence-corrected chi connectivity index (χ1v) is 9.01. The molecule has 1 aromatic rings. The highest BCUT2D eigenvalue weighted by Gasteiger charge is 2.42. The van der Waals surface area contributed by atoms with Gasteiger partial charge in [0, 0.05) is 26.6 Å². The first-order valence-electron chi connectivity index (χ1n) is 8.21. The standard InChI is InChI=1S/C16H25BrN4O4/c1-9(2)13(20(3)16(23)24)15(22)21-7-10(8-25-4)5-11(21)14-18-6-12(17)19-14/h6,9-11,13H,5,7-8H2,1-4H3,(H,18,19)(H,23,24)/t10-,11-,13-/m0/s1. The van der Waals surface area contributed by atoms with Gasteiger partial charge in [-0.15, -0.1) is 0 Å². The van der Waals surface area contributed by atoms with Crippen molar-refractivity contribution in [1.29, 1.82) is 0 Å². The Bertz CT molecular complexity index is 621. The van der Waals surface area contributed by atoms with Crippen molar-refractivity contribution in [1.82, 2.24) is 19.8 Å². The van der Waals surface area contributed by atoms with Crippen LogP contribution in [0.5, 0.6) is 0 Å². The Kier molecular flexibility index (Phi) is 6.45. The number of carbonyl (C=O) groups is 2. The summed E-state index contributed by atoms with van der Waals surface area (Å²) in [6.07, 6.45) is 1.27. The van der Waals surface area contributed by atoms with E-state index >= 15 is 0 Å². The Morgan fingerprint density at radius 2 is 2.24 bits per heavy atom. The van der Waals surface area contributed by atoms with Crippen LogP contribution in [0.25, 0.3) is 0 Å². The minimum Gasteiger partial charge on any atom is -0.465 e. The zero-order valence-electron chi connectivity index (χ0n) is 14.9. The lowest BCUT2D eigenvalue weighted by molar-refractivity contribution is -0.138. The van der Waals surface area contributed by atoms with Crippen molar-refractivity contribution in [3.8, 4) is 0 Å². The molecule has 0 bridgehead atoms. The van der Waals surface area contributed by atoms with Crippen LogP contribution in [0.3, 0.4) is 0 Å². The summed E-state index contributed by atoms with van der Waals surface area (Å²) in [5, 5.41) is 9.33. The molecule has 1 aliphatic rings. The maximum atomic E-state index is 13.2. The minimum absolute atomic E-state index is 0.140. The van der Waals surface area contributed by atoms with Gasteiger partial charge in [0.25, 0.3) is 0 Å². The summed E-state index contributed by atoms with van der Waals surface area (Å²) >= 11 is 3.34. The predicted octanol–water partition coefficient (Wildman–Crippen LogP) is 2.34. The van der Waals surface area contributed by atoms with Gasteiger partial charge in [-0.3, -0.25) is 9.69 Å². The van der Waals surface area contributed by atoms with Crippen molar-refractivity contribution in [3.05, 3.63) is 16.6 Å². The van der Waals surface area contributed by atoms with E-state index in [4.69, 9.17) is 4.74 Å². The Labute approximate surface area is 155 Å². The molecule has 1 aromatic heterocycles. The van der Waals surface area contributed by atoms with Gasteiger partial charge in [0.15, 0.2) is 0 Å². The fourth-order valence-electron chi connectivity index (χ4n) is 3.45. The van der Waals surface area contributed by atoms with E-state index in [1.165, 1.54) is 7.05 Å². The second-order valence-corrected chi connectivity index (χ2v) is 7.62. The molecule has 0 aromatic carbocycles. The molecule has 2 heterocycles. The van der Waals surface area contributed by atoms with Crippen molar-refractivity contribution in [2.45, 2.75) is 32.4 Å². The number of hydrogen-bond donors (Lipinski definition) is 2. The number of halogens is 1. The summed E-state index contributed by atoms with van der Waals surface area (Å²) in [7, 11) is 3.07. The number of nitrogens with one attached hydrogen (secondary N) is 1. The highest BCUT2D eigenvalue weighted by atomic mass is 79.9. The van der Waals surface area contributed by atoms with Gasteiger partial charge < -0.3 is 19.7 Å². The van der Waals surface area contributed by atoms with E-state index < -0.39 is 12.1 Å². The van der Waals surface area contributed by atoms with Crippen LogP contribution >= 0.6 is 15.9 Å². The number of carbonyl (C=O) groups excluding carboxylic acids is 1. The average Bonchev–Trinajstić information content (AvgIpc) is 3.13. The molecule has 140 valence electrons. The number of imidazole rings is 1. The highest BCUT2D eigenvalue weighted by molar-refractivity contribution is 9.10. The van der Waals surface area contributed by atoms with Gasteiger partial charge in [0.2, 0.25) is 5.91 Å². The van der Waals surface area contributed by atoms with Crippen molar-refractivity contribution in [3.63, 3.8) is 0 Å². The maximum absolute atomic E-state index is 13.2. The number of rotatable bonds is 6. The number of likely N-dealkylation sites (N-methyl/N-ethyl adjacent to an activating group) is 1. The Balaban J connectivity index is 2.30. The fourth-order valence-corrected chi connectivity index (χ4v) is 3.76. The van der Waals surface area contributed by atoms with Crippen LogP contribution < -0.4 is 0 Å². The third kappa shape index (κ3) is 4.33. The number of aromatic amines is 1. The Morgan fingerprint density at radius 3 is 2.72 bits per heavy atom. The first-order chi connectivity index (χ1) is 11.8. The van der Waals surface area contributed by atoms with Crippen LogP contribution in [-0.2, 0) is 9.53 Å². The monoisotopic (exact) mass is 416 g/mol. The van der Waals surface area contributed by atoms with E-state index in [1.54, 1.807) is 18.2 Å². The molecule has 0 aliphatic carbocycles. The van der Waals surface area contributed by atoms with Crippen LogP contribution in [0.15, 0.2) is 10.8 Å². The van der Waals surface area contributed by atoms with E-state index in [-0.39, 0.29) is 23.8 Å². The van der Waals surface area contributed by atoms with E-state index in [0.29, 0.717) is 19.0 Å². The molecular formula is C16H25BrN4O4. The lowest BCUT2D eigenvalue weighted by atomic mass is 10.0. The fraction of sp³-hybridized carbons (Fsp3) is 0.688. The molecule has 0 spiro atoms. The molecule has 0 saturated carbocycles. The van der Waals surface area contributed by atoms with Gasteiger partial charge in [-0.1, -0.05) is 13.8 Å². The van der Waals surface area contributed by atoms with Gasteiger partial charge >= 0.3 is 6.09 Å². The lowest BCUT2D eigenvalue weighted by Crippen LogP contribution is -2.51. The second kappa shape index (κ2) is 8.18. The van der Waals surface area contributed by atoms with E-state index in [0.717, 1.165) is 15.9 Å². The molecule has 2 N–H and O–H groups in total. The van der Waals surface area contributed by atoms with E-state index in [9.17, 15) is 14.7 Å². The molecule has 25 heavy (non-hydrogen) atoms. The van der Waals surface area contributed by atoms with Crippen LogP contribution in [0, 0.1) is 11.8 Å². The molecule has 2 rings (SSSR count). The zero-order chi connectivity index (χ0) is 18.7. The average molecular weight is 417 g/mol. The van der Waals surface area contributed by atoms with Gasteiger partial charge in [0.05, 0.1) is 18.8 Å². The van der Waals surface area contributed by atoms with Crippen LogP contribution in [0.1, 0.15) is 32.1 Å². The Hall–Kier alpha value is -1.61. The number of ether oxygens (including phenoxy) is 1. The normalized spacial score (nSPS) is 21.6. The minimum atomic E-state index is -1.11. The summed E-state index contributed by atoms with van der Waals surface area (Å²) < 4.78 is 6.00. The third-order valence-corrected chi connectivity index (χ3v) is 4.96. The van der Waals surface area contributed by atoms with E-state index in [2.05, 4.69) is 25.9 Å². The second-order valence-electron chi connectivity index (χ2n) is 6.76. The van der Waals surface area contributed by atoms with Crippen molar-refractivity contribution in [2.24, 2.45) is 11.8 Å². The molecule has 1 aliphatic heterocycles. The summed E-state index contributed by atoms with van der Waals surface area (Å²) in [6.45, 7) is 4.77. The summed E-state index contributed by atoms with van der Waals surface area (Å²) in [5.74, 6) is 0.542. The number of aromatic nitrogens is 2. The van der Waals surface area contributed by atoms with Crippen LogP contribution in [0.2, 0.25) is 0 Å². The van der Waals surface area contributed by atoms with E-state index in [1.807, 2.05) is 13.8 Å². The third-order valence-electron chi connectivity index (χ3n) is 4.56. The SMILES string of the molecule is COC[C@H]1C[C@@H](c2ncc(Br)[nH]2)N(C(=O)[C@H](C(C)C)N(C)C(=O)O)C1. The van der Waals surface area contributed by atoms with Crippen molar-refractivity contribution >= 4 is 27.9 Å². The highest BCUT2D eigenvalue weighted by Crippen LogP contribution is 2.36. The molecule has 8 nitrogen and oxygen atoms in total. The number of H-pyrrole nitrogens is 1. The zero-order valence-corrected chi connectivity index (χ0v) is 16.5. The topological polar surface area (TPSA) is 98.8 Å². The molecule has 9 heteroatoms. The molecule has 1 fully saturated rings. The molecule has 0 unspecified atom stereocenters. The first kappa shape index (κ1) is 19.7. The number of hydrogen-bond acceptors (Lipinski definition) is 4. The molecule has 1 saturated heterocycles. The van der Waals surface area contributed by atoms with Gasteiger partial charge in [-0.2, -0.15) is 0 Å². The number of likely N-dealkylation sites (tertiary alicyclic amines) is 1. The van der Waals surface area contributed by atoms with Crippen LogP contribution in [0.4, 0.5) is 4.79 Å². The number of carboxylic acid groups (broad SMARTS) is 1. The largest absolute Gasteiger partial charge is 0.465 e. The van der Waals surface area contributed by atoms with Gasteiger partial charge in [-0.05, 0) is 28.3 Å². The number of amides is 2. The predicted molar refractivity (Wildman–Crippen MR) is 95.1 cm³/mol. The quantitative estimate of drug-likeness (QED) is 0.741. The number of methoxy groups -OCH3 is 1. The van der Waals surface area contributed by atoms with Gasteiger partial charge in [0.1, 0.15) is 16.5 Å². The summed E-state index contributed by atoms with van der Waals surface area (Å²) in [6, 6.07) is -0.956. The molecule has 0 radical (unpaired) electrons.